The fourth-order valence-corrected chi connectivity index (χ4v) is 2.62. The highest BCUT2D eigenvalue weighted by Gasteiger charge is 2.09. The van der Waals surface area contributed by atoms with E-state index in [9.17, 15) is 9.59 Å². The lowest BCUT2D eigenvalue weighted by Crippen LogP contribution is -2.21. The molecule has 2 rings (SSSR count). The van der Waals surface area contributed by atoms with Crippen LogP contribution in [0, 0.1) is 13.8 Å². The van der Waals surface area contributed by atoms with Gasteiger partial charge in [0.05, 0.1) is 11.2 Å². The summed E-state index contributed by atoms with van der Waals surface area (Å²) in [5.41, 5.74) is 5.86. The maximum absolute atomic E-state index is 12.0. The molecular weight excluding hydrogens is 373 g/mol. The van der Waals surface area contributed by atoms with Crippen LogP contribution >= 0.6 is 23.2 Å². The molecule has 0 spiro atoms. The van der Waals surface area contributed by atoms with Crippen LogP contribution in [0.5, 0.6) is 0 Å². The first-order valence-electron chi connectivity index (χ1n) is 8.00. The minimum absolute atomic E-state index is 0.0301. The quantitative estimate of drug-likeness (QED) is 0.562. The second-order valence-electron chi connectivity index (χ2n) is 5.75. The molecule has 0 aliphatic heterocycles. The highest BCUT2D eigenvalue weighted by molar-refractivity contribution is 6.36. The minimum Gasteiger partial charge on any atom is -0.326 e. The second kappa shape index (κ2) is 9.36. The molecule has 2 N–H and O–H groups in total. The molecule has 0 saturated heterocycles. The number of benzene rings is 2. The number of rotatable bonds is 6. The molecule has 0 aliphatic carbocycles. The van der Waals surface area contributed by atoms with Gasteiger partial charge in [-0.1, -0.05) is 41.4 Å². The van der Waals surface area contributed by atoms with E-state index in [2.05, 4.69) is 15.8 Å². The van der Waals surface area contributed by atoms with E-state index in [1.54, 1.807) is 18.2 Å². The second-order valence-corrected chi connectivity index (χ2v) is 6.60. The summed E-state index contributed by atoms with van der Waals surface area (Å²) in [6.07, 6.45) is 1.52. The monoisotopic (exact) mass is 391 g/mol. The van der Waals surface area contributed by atoms with Gasteiger partial charge in [-0.15, -0.1) is 0 Å². The maximum atomic E-state index is 12.0. The van der Waals surface area contributed by atoms with E-state index < -0.39 is 0 Å². The molecule has 2 aromatic carbocycles. The van der Waals surface area contributed by atoms with Crippen molar-refractivity contribution in [3.63, 3.8) is 0 Å². The molecule has 136 valence electrons. The Bertz CT molecular complexity index is 851. The number of amides is 2. The van der Waals surface area contributed by atoms with E-state index in [0.29, 0.717) is 15.6 Å². The third-order valence-corrected chi connectivity index (χ3v) is 4.38. The topological polar surface area (TPSA) is 70.6 Å². The molecule has 0 heterocycles. The van der Waals surface area contributed by atoms with Gasteiger partial charge in [0.1, 0.15) is 0 Å². The molecule has 0 fully saturated rings. The van der Waals surface area contributed by atoms with Crippen molar-refractivity contribution in [2.45, 2.75) is 26.7 Å². The average Bonchev–Trinajstić information content (AvgIpc) is 2.59. The van der Waals surface area contributed by atoms with E-state index in [-0.39, 0.29) is 24.7 Å². The number of nitrogens with zero attached hydrogens (tertiary/aromatic N) is 1. The lowest BCUT2D eigenvalue weighted by atomic mass is 10.1. The van der Waals surface area contributed by atoms with Gasteiger partial charge in [-0.2, -0.15) is 5.10 Å². The molecule has 0 unspecified atom stereocenters. The number of aryl methyl sites for hydroxylation is 1. The first kappa shape index (κ1) is 19.9. The van der Waals surface area contributed by atoms with Gasteiger partial charge >= 0.3 is 0 Å². The third-order valence-electron chi connectivity index (χ3n) is 3.81. The largest absolute Gasteiger partial charge is 0.326 e. The number of hydrogen-bond acceptors (Lipinski definition) is 3. The average molecular weight is 392 g/mol. The summed E-state index contributed by atoms with van der Waals surface area (Å²) in [7, 11) is 0. The number of carbonyl (C=O) groups excluding carboxylic acids is 2. The number of anilines is 1. The summed E-state index contributed by atoms with van der Waals surface area (Å²) in [6, 6.07) is 10.6. The normalized spacial score (nSPS) is 10.8. The van der Waals surface area contributed by atoms with Crippen LogP contribution in [0.2, 0.25) is 10.0 Å². The number of nitrogens with one attached hydrogen (secondary N) is 2. The van der Waals surface area contributed by atoms with Crippen LogP contribution in [-0.4, -0.2) is 18.0 Å². The SMILES string of the molecule is Cc1cccc(NC(=O)CCC(=O)N/N=C\c2ccc(Cl)cc2Cl)c1C. The van der Waals surface area contributed by atoms with Crippen molar-refractivity contribution in [2.75, 3.05) is 5.32 Å². The van der Waals surface area contributed by atoms with Gasteiger partial charge < -0.3 is 5.32 Å². The van der Waals surface area contributed by atoms with E-state index in [1.165, 1.54) is 6.21 Å². The van der Waals surface area contributed by atoms with Crippen molar-refractivity contribution in [3.05, 3.63) is 63.1 Å². The summed E-state index contributed by atoms with van der Waals surface area (Å²) < 4.78 is 0. The molecule has 26 heavy (non-hydrogen) atoms. The summed E-state index contributed by atoms with van der Waals surface area (Å²) in [5, 5.41) is 7.60. The molecule has 0 atom stereocenters. The van der Waals surface area contributed by atoms with Gasteiger partial charge in [-0.25, -0.2) is 5.43 Å². The summed E-state index contributed by atoms with van der Waals surface area (Å²) in [5.74, 6) is -0.582. The van der Waals surface area contributed by atoms with Crippen molar-refractivity contribution in [1.82, 2.24) is 5.43 Å². The predicted octanol–water partition coefficient (Wildman–Crippen LogP) is 4.48. The van der Waals surface area contributed by atoms with Gasteiger partial charge in [-0.3, -0.25) is 9.59 Å². The van der Waals surface area contributed by atoms with E-state index in [0.717, 1.165) is 16.8 Å². The van der Waals surface area contributed by atoms with Crippen molar-refractivity contribution < 1.29 is 9.59 Å². The Morgan fingerprint density at radius 2 is 1.81 bits per heavy atom. The van der Waals surface area contributed by atoms with Crippen LogP contribution in [-0.2, 0) is 9.59 Å². The van der Waals surface area contributed by atoms with Gasteiger partial charge in [0.25, 0.3) is 0 Å². The number of hydrogen-bond donors (Lipinski definition) is 2. The Kier molecular flexibility index (Phi) is 7.18. The molecule has 5 nitrogen and oxygen atoms in total. The van der Waals surface area contributed by atoms with Gasteiger partial charge in [0.2, 0.25) is 11.8 Å². The smallest absolute Gasteiger partial charge is 0.240 e. The fourth-order valence-electron chi connectivity index (χ4n) is 2.16. The highest BCUT2D eigenvalue weighted by atomic mass is 35.5. The molecular formula is C19H19Cl2N3O2. The first-order valence-corrected chi connectivity index (χ1v) is 8.75. The first-order chi connectivity index (χ1) is 12.4. The van der Waals surface area contributed by atoms with Gasteiger partial charge in [0.15, 0.2) is 0 Å². The van der Waals surface area contributed by atoms with Crippen molar-refractivity contribution >= 4 is 46.9 Å². The van der Waals surface area contributed by atoms with Crippen LogP contribution in [0.4, 0.5) is 5.69 Å². The van der Waals surface area contributed by atoms with Gasteiger partial charge in [0, 0.05) is 29.1 Å². The Morgan fingerprint density at radius 1 is 1.08 bits per heavy atom. The highest BCUT2D eigenvalue weighted by Crippen LogP contribution is 2.19. The summed E-state index contributed by atoms with van der Waals surface area (Å²) in [4.78, 5) is 23.8. The molecule has 0 radical (unpaired) electrons. The van der Waals surface area contributed by atoms with E-state index in [1.807, 2.05) is 32.0 Å². The van der Waals surface area contributed by atoms with Crippen LogP contribution in [0.3, 0.4) is 0 Å². The van der Waals surface area contributed by atoms with E-state index >= 15 is 0 Å². The van der Waals surface area contributed by atoms with Crippen LogP contribution in [0.1, 0.15) is 29.5 Å². The Balaban J connectivity index is 1.80. The third kappa shape index (κ3) is 5.86. The lowest BCUT2D eigenvalue weighted by molar-refractivity contribution is -0.124. The number of halogens is 2. The molecule has 2 aromatic rings. The number of carbonyl (C=O) groups is 2. The van der Waals surface area contributed by atoms with E-state index in [4.69, 9.17) is 23.2 Å². The summed E-state index contributed by atoms with van der Waals surface area (Å²) >= 11 is 11.8. The van der Waals surface area contributed by atoms with Crippen LogP contribution < -0.4 is 10.7 Å². The predicted molar refractivity (Wildman–Crippen MR) is 106 cm³/mol. The van der Waals surface area contributed by atoms with Gasteiger partial charge in [-0.05, 0) is 43.2 Å². The molecule has 0 aromatic heterocycles. The molecule has 7 heteroatoms. The van der Waals surface area contributed by atoms with Crippen LogP contribution in [0.15, 0.2) is 41.5 Å². The van der Waals surface area contributed by atoms with Crippen molar-refractivity contribution in [3.8, 4) is 0 Å². The Morgan fingerprint density at radius 3 is 2.54 bits per heavy atom. The standard InChI is InChI=1S/C19H19Cl2N3O2/c1-12-4-3-5-17(13(12)2)23-18(25)8-9-19(26)24-22-11-14-6-7-15(20)10-16(14)21/h3-7,10-11H,8-9H2,1-2H3,(H,23,25)(H,24,26)/b22-11-. The zero-order valence-electron chi connectivity index (χ0n) is 14.5. The number of hydrazone groups is 1. The zero-order valence-corrected chi connectivity index (χ0v) is 16.0. The molecule has 2 amide bonds. The van der Waals surface area contributed by atoms with Crippen molar-refractivity contribution in [2.24, 2.45) is 5.10 Å². The minimum atomic E-state index is -0.359. The van der Waals surface area contributed by atoms with Crippen molar-refractivity contribution in [1.29, 1.82) is 0 Å². The Labute approximate surface area is 162 Å². The maximum Gasteiger partial charge on any atom is 0.240 e. The zero-order chi connectivity index (χ0) is 19.1. The van der Waals surface area contributed by atoms with Crippen LogP contribution in [0.25, 0.3) is 0 Å². The molecule has 0 saturated carbocycles. The Hall–Kier alpha value is -2.37. The summed E-state index contributed by atoms with van der Waals surface area (Å²) in [6.45, 7) is 3.91. The fraction of sp³-hybridized carbons (Fsp3) is 0.211. The molecule has 0 aliphatic rings. The molecule has 0 bridgehead atoms. The lowest BCUT2D eigenvalue weighted by Gasteiger charge is -2.10.